The first kappa shape index (κ1) is 31.2. The van der Waals surface area contributed by atoms with E-state index >= 15 is 0 Å². The standard InChI is InChI=1S/C54H36N2/c1-55(49-31-29-45-41-15-5-11-35-9-3-13-39(51(35)41)43-17-7-19-47(49)53(43)45)37-25-21-33(22-26-37)34-23-27-38(28-24-34)56(2)50-32-30-46-42-16-6-12-36-10-4-14-40(52(36)42)44-18-8-20-48(50)54(44)46/h3-32H,1-2H3. The Balaban J connectivity index is 0.870. The fourth-order valence-corrected chi connectivity index (χ4v) is 9.88. The van der Waals surface area contributed by atoms with Gasteiger partial charge in [0.1, 0.15) is 0 Å². The quantitative estimate of drug-likeness (QED) is 0.129. The highest BCUT2D eigenvalue weighted by Crippen LogP contribution is 2.45. The van der Waals surface area contributed by atoms with Crippen LogP contribution in [0.3, 0.4) is 0 Å². The second kappa shape index (κ2) is 11.7. The Labute approximate surface area is 324 Å². The molecule has 0 N–H and O–H groups in total. The SMILES string of the molecule is CN(c1ccc(-c2ccc(N(C)c3ccc4c5cccc6cccc(c7cccc3c74)c65)cc2)cc1)c1ccc2c3cccc4cccc(c5cccc1c52)c43. The molecule has 0 amide bonds. The number of nitrogens with zero attached hydrogens (tertiary/aromatic N) is 2. The largest absolute Gasteiger partial charge is 0.344 e. The Morgan fingerprint density at radius 3 is 0.893 bits per heavy atom. The second-order valence-electron chi connectivity index (χ2n) is 15.4. The van der Waals surface area contributed by atoms with Gasteiger partial charge in [-0.05, 0) is 123 Å². The third-order valence-corrected chi connectivity index (χ3v) is 12.6. The summed E-state index contributed by atoms with van der Waals surface area (Å²) in [5.74, 6) is 0. The third kappa shape index (κ3) is 4.33. The van der Waals surface area contributed by atoms with Crippen molar-refractivity contribution in [2.75, 3.05) is 23.9 Å². The van der Waals surface area contributed by atoms with Gasteiger partial charge in [-0.2, -0.15) is 0 Å². The highest BCUT2D eigenvalue weighted by Gasteiger charge is 2.18. The van der Waals surface area contributed by atoms with Crippen molar-refractivity contribution in [2.45, 2.75) is 0 Å². The third-order valence-electron chi connectivity index (χ3n) is 12.6. The van der Waals surface area contributed by atoms with Gasteiger partial charge in [0.2, 0.25) is 0 Å². The lowest BCUT2D eigenvalue weighted by atomic mass is 9.89. The highest BCUT2D eigenvalue weighted by atomic mass is 15.1. The molecule has 2 nitrogen and oxygen atoms in total. The summed E-state index contributed by atoms with van der Waals surface area (Å²) in [4.78, 5) is 4.65. The van der Waals surface area contributed by atoms with E-state index in [1.807, 2.05) is 0 Å². The first-order valence-electron chi connectivity index (χ1n) is 19.5. The molecule has 0 aromatic heterocycles. The molecule has 0 bridgehead atoms. The molecule has 0 aliphatic heterocycles. The van der Waals surface area contributed by atoms with Crippen LogP contribution in [0, 0.1) is 0 Å². The monoisotopic (exact) mass is 712 g/mol. The van der Waals surface area contributed by atoms with Gasteiger partial charge in [-0.3, -0.25) is 0 Å². The van der Waals surface area contributed by atoms with Crippen LogP contribution in [0.5, 0.6) is 0 Å². The second-order valence-corrected chi connectivity index (χ2v) is 15.4. The van der Waals surface area contributed by atoms with Crippen molar-refractivity contribution >= 4 is 109 Å². The van der Waals surface area contributed by atoms with Gasteiger partial charge in [-0.15, -0.1) is 0 Å². The Morgan fingerprint density at radius 1 is 0.250 bits per heavy atom. The van der Waals surface area contributed by atoms with Crippen molar-refractivity contribution in [1.29, 1.82) is 0 Å². The molecule has 0 radical (unpaired) electrons. The summed E-state index contributed by atoms with van der Waals surface area (Å²) in [6, 6.07) is 67.5. The Kier molecular flexibility index (Phi) is 6.50. The van der Waals surface area contributed by atoms with Crippen molar-refractivity contribution in [1.82, 2.24) is 0 Å². The van der Waals surface area contributed by atoms with Crippen LogP contribution >= 0.6 is 0 Å². The number of benzene rings is 12. The van der Waals surface area contributed by atoms with Gasteiger partial charge in [0.15, 0.2) is 0 Å². The molecule has 12 aromatic carbocycles. The Morgan fingerprint density at radius 2 is 0.536 bits per heavy atom. The van der Waals surface area contributed by atoms with Gasteiger partial charge in [0.05, 0.1) is 0 Å². The van der Waals surface area contributed by atoms with Crippen molar-refractivity contribution in [3.8, 4) is 11.1 Å². The highest BCUT2D eigenvalue weighted by molar-refractivity contribution is 6.35. The Bertz CT molecular complexity index is 3150. The number of fused-ring (bicyclic) bond motifs is 4. The molecule has 0 fully saturated rings. The van der Waals surface area contributed by atoms with Crippen molar-refractivity contribution in [3.63, 3.8) is 0 Å². The minimum absolute atomic E-state index is 1.16. The molecule has 0 heterocycles. The fraction of sp³-hybridized carbons (Fsp3) is 0.0370. The Hall–Kier alpha value is -7.16. The molecule has 12 rings (SSSR count). The maximum Gasteiger partial charge on any atom is 0.0488 e. The number of anilines is 4. The fourth-order valence-electron chi connectivity index (χ4n) is 9.88. The van der Waals surface area contributed by atoms with E-state index in [4.69, 9.17) is 0 Å². The molecule has 0 saturated carbocycles. The van der Waals surface area contributed by atoms with Gasteiger partial charge in [-0.1, -0.05) is 146 Å². The van der Waals surface area contributed by atoms with Crippen molar-refractivity contribution in [2.24, 2.45) is 0 Å². The summed E-state index contributed by atoms with van der Waals surface area (Å²) < 4.78 is 0. The number of rotatable bonds is 5. The molecule has 12 aromatic rings. The molecular formula is C54H36N2. The zero-order valence-electron chi connectivity index (χ0n) is 31.2. The van der Waals surface area contributed by atoms with Gasteiger partial charge in [0, 0.05) is 47.6 Å². The lowest BCUT2D eigenvalue weighted by Gasteiger charge is -2.24. The normalized spacial score (nSPS) is 12.1. The molecule has 0 aliphatic rings. The summed E-state index contributed by atoms with van der Waals surface area (Å²) >= 11 is 0. The lowest BCUT2D eigenvalue weighted by molar-refractivity contribution is 1.22. The molecule has 0 spiro atoms. The summed E-state index contributed by atoms with van der Waals surface area (Å²) in [6.45, 7) is 0. The first-order valence-corrected chi connectivity index (χ1v) is 19.5. The van der Waals surface area contributed by atoms with E-state index in [1.54, 1.807) is 0 Å². The zero-order valence-corrected chi connectivity index (χ0v) is 31.2. The van der Waals surface area contributed by atoms with Crippen LogP contribution in [0.25, 0.3) is 97.3 Å². The maximum atomic E-state index is 2.32. The molecule has 262 valence electrons. The van der Waals surface area contributed by atoms with Gasteiger partial charge in [0.25, 0.3) is 0 Å². The predicted octanol–water partition coefficient (Wildman–Crippen LogP) is 15.0. The molecule has 0 saturated heterocycles. The van der Waals surface area contributed by atoms with Gasteiger partial charge >= 0.3 is 0 Å². The summed E-state index contributed by atoms with van der Waals surface area (Å²) in [6.07, 6.45) is 0. The van der Waals surface area contributed by atoms with E-state index in [2.05, 4.69) is 206 Å². The van der Waals surface area contributed by atoms with Crippen molar-refractivity contribution < 1.29 is 0 Å². The van der Waals surface area contributed by atoms with Crippen molar-refractivity contribution in [3.05, 3.63) is 182 Å². The average Bonchev–Trinajstić information content (AvgIpc) is 3.26. The van der Waals surface area contributed by atoms with E-state index in [0.717, 1.165) is 11.4 Å². The van der Waals surface area contributed by atoms with Crippen LogP contribution in [0.2, 0.25) is 0 Å². The molecule has 56 heavy (non-hydrogen) atoms. The van der Waals surface area contributed by atoms with E-state index < -0.39 is 0 Å². The summed E-state index contributed by atoms with van der Waals surface area (Å²) in [7, 11) is 4.37. The van der Waals surface area contributed by atoms with Gasteiger partial charge in [-0.25, -0.2) is 0 Å². The van der Waals surface area contributed by atoms with Crippen LogP contribution in [-0.2, 0) is 0 Å². The molecule has 2 heteroatoms. The van der Waals surface area contributed by atoms with Crippen LogP contribution in [0.4, 0.5) is 22.7 Å². The number of hydrogen-bond acceptors (Lipinski definition) is 2. The van der Waals surface area contributed by atoms with E-state index in [-0.39, 0.29) is 0 Å². The minimum Gasteiger partial charge on any atom is -0.344 e. The van der Waals surface area contributed by atoms with Crippen LogP contribution < -0.4 is 9.80 Å². The molecular weight excluding hydrogens is 677 g/mol. The lowest BCUT2D eigenvalue weighted by Crippen LogP contribution is -2.10. The molecule has 0 unspecified atom stereocenters. The molecule has 0 aliphatic carbocycles. The van der Waals surface area contributed by atoms with E-state index in [0.29, 0.717) is 0 Å². The smallest absolute Gasteiger partial charge is 0.0488 e. The predicted molar refractivity (Wildman–Crippen MR) is 243 cm³/mol. The summed E-state index contributed by atoms with van der Waals surface area (Å²) in [5.41, 5.74) is 7.13. The van der Waals surface area contributed by atoms with Gasteiger partial charge < -0.3 is 9.80 Å². The van der Waals surface area contributed by atoms with Crippen LogP contribution in [0.15, 0.2) is 182 Å². The number of hydrogen-bond donors (Lipinski definition) is 0. The average molecular weight is 713 g/mol. The van der Waals surface area contributed by atoms with E-state index in [1.165, 1.54) is 109 Å². The zero-order chi connectivity index (χ0) is 37.1. The van der Waals surface area contributed by atoms with Crippen LogP contribution in [-0.4, -0.2) is 14.1 Å². The van der Waals surface area contributed by atoms with Crippen LogP contribution in [0.1, 0.15) is 0 Å². The van der Waals surface area contributed by atoms with E-state index in [9.17, 15) is 0 Å². The summed E-state index contributed by atoms with van der Waals surface area (Å²) in [5, 5.41) is 21.1. The first-order chi connectivity index (χ1) is 27.6. The molecule has 0 atom stereocenters. The minimum atomic E-state index is 1.16. The maximum absolute atomic E-state index is 2.32. The topological polar surface area (TPSA) is 6.48 Å².